The minimum Gasteiger partial charge on any atom is -0.464 e. The number of hydrogen-bond donors (Lipinski definition) is 4. The molecule has 40 heavy (non-hydrogen) atoms. The second kappa shape index (κ2) is 10.8. The second-order valence-corrected chi connectivity index (χ2v) is 11.7. The third-order valence-electron chi connectivity index (χ3n) is 6.99. The number of aliphatic hydroxyl groups is 2. The lowest BCUT2D eigenvalue weighted by Crippen LogP contribution is -2.46. The highest BCUT2D eigenvalue weighted by Crippen LogP contribution is 2.48. The molecule has 2 aromatic heterocycles. The second-order valence-electron chi connectivity index (χ2n) is 9.96. The van der Waals surface area contributed by atoms with Crippen LogP contribution in [-0.2, 0) is 23.4 Å². The number of anilines is 1. The summed E-state index contributed by atoms with van der Waals surface area (Å²) in [5.41, 5.74) is 4.03. The molecule has 1 aliphatic heterocycles. The Bertz CT molecular complexity index is 1470. The van der Waals surface area contributed by atoms with E-state index in [1.807, 2.05) is 13.0 Å². The van der Waals surface area contributed by atoms with Gasteiger partial charge in [-0.2, -0.15) is 10.4 Å². The summed E-state index contributed by atoms with van der Waals surface area (Å²) in [6.07, 6.45) is -1.80. The molecule has 3 aromatic rings. The third-order valence-corrected chi connectivity index (χ3v) is 8.52. The zero-order valence-corrected chi connectivity index (χ0v) is 22.4. The maximum Gasteiger partial charge on any atom is 0.458 e. The van der Waals surface area contributed by atoms with Gasteiger partial charge in [-0.3, -0.25) is 9.32 Å². The van der Waals surface area contributed by atoms with Crippen molar-refractivity contribution in [2.45, 2.75) is 43.7 Å². The lowest BCUT2D eigenvalue weighted by Gasteiger charge is -2.27. The molecule has 0 radical (unpaired) electrons. The summed E-state index contributed by atoms with van der Waals surface area (Å²) in [5.74, 6) is 0.0469. The van der Waals surface area contributed by atoms with Crippen LogP contribution in [0, 0.1) is 16.7 Å². The molecule has 1 saturated heterocycles. The van der Waals surface area contributed by atoms with Crippen molar-refractivity contribution < 1.29 is 38.1 Å². The number of carbonyl (C=O) groups is 1. The van der Waals surface area contributed by atoms with E-state index in [2.05, 4.69) is 15.2 Å². The number of nitrogen functional groups attached to an aromatic ring is 1. The molecule has 0 bridgehead atoms. The monoisotopic (exact) mass is 572 g/mol. The van der Waals surface area contributed by atoms with Crippen molar-refractivity contribution in [3.8, 4) is 11.8 Å². The topological polar surface area (TPSA) is 204 Å². The molecule has 0 amide bonds. The van der Waals surface area contributed by atoms with E-state index in [0.29, 0.717) is 11.2 Å². The predicted molar refractivity (Wildman–Crippen MR) is 139 cm³/mol. The number of nitrogens with two attached hydrogens (primary N) is 1. The number of esters is 1. The number of rotatable bonds is 11. The molecule has 2 aliphatic rings. The quantitative estimate of drug-likeness (QED) is 0.146. The highest BCUT2D eigenvalue weighted by atomic mass is 31.2. The van der Waals surface area contributed by atoms with Crippen LogP contribution in [0.25, 0.3) is 5.52 Å². The Balaban J connectivity index is 1.31. The molecule has 5 N–H and O–H groups in total. The van der Waals surface area contributed by atoms with Gasteiger partial charge in [-0.05, 0) is 44.0 Å². The van der Waals surface area contributed by atoms with Crippen LogP contribution in [0.3, 0.4) is 0 Å². The first-order valence-electron chi connectivity index (χ1n) is 12.5. The fraction of sp³-hybridized carbons (Fsp3) is 0.440. The highest BCUT2D eigenvalue weighted by molar-refractivity contribution is 7.52. The molecule has 15 heteroatoms. The van der Waals surface area contributed by atoms with Crippen molar-refractivity contribution in [1.29, 1.82) is 5.26 Å². The smallest absolute Gasteiger partial charge is 0.458 e. The van der Waals surface area contributed by atoms with Crippen LogP contribution in [0.5, 0.6) is 5.75 Å². The van der Waals surface area contributed by atoms with Gasteiger partial charge >= 0.3 is 13.7 Å². The molecule has 1 saturated carbocycles. The first kappa shape index (κ1) is 28.0. The van der Waals surface area contributed by atoms with Crippen molar-refractivity contribution in [3.05, 3.63) is 54.5 Å². The van der Waals surface area contributed by atoms with Crippen LogP contribution < -0.4 is 15.3 Å². The first-order chi connectivity index (χ1) is 19.1. The van der Waals surface area contributed by atoms with Crippen molar-refractivity contribution in [3.63, 3.8) is 0 Å². The standard InChI is InChI=1S/C25H29N6O8P/c1-24(9-10-24)23(34)36-12-11-30-40(35,39-16-5-3-2-4-6-16)37-14-25(13-26)21(33)19(32)20(38-25)17-7-8-18-22(27)28-15-29-31(17)18/h2-8,15,19-21,32-33H,9-12,14H2,1H3,(H,30,35)(H2,27,28,29)/t19-,20-,21-,25+,40?/m0/s1. The number of nitriles is 1. The van der Waals surface area contributed by atoms with Gasteiger partial charge in [0.25, 0.3) is 0 Å². The van der Waals surface area contributed by atoms with E-state index >= 15 is 0 Å². The normalized spacial score (nSPS) is 26.6. The molecular weight excluding hydrogens is 543 g/mol. The minimum atomic E-state index is -4.21. The molecule has 1 aliphatic carbocycles. The van der Waals surface area contributed by atoms with Crippen molar-refractivity contribution in [2.75, 3.05) is 25.5 Å². The van der Waals surface area contributed by atoms with Gasteiger partial charge in [0.15, 0.2) is 5.82 Å². The van der Waals surface area contributed by atoms with Crippen LogP contribution in [0.4, 0.5) is 5.82 Å². The van der Waals surface area contributed by atoms with E-state index in [-0.39, 0.29) is 30.7 Å². The number of hydrogen-bond acceptors (Lipinski definition) is 12. The van der Waals surface area contributed by atoms with Gasteiger partial charge in [0.1, 0.15) is 55.2 Å². The number of aliphatic hydroxyl groups excluding tert-OH is 2. The molecule has 2 fully saturated rings. The number of carbonyl (C=O) groups excluding carboxylic acids is 1. The van der Waals surface area contributed by atoms with E-state index in [0.717, 1.165) is 12.8 Å². The van der Waals surface area contributed by atoms with Crippen LogP contribution in [0.2, 0.25) is 0 Å². The predicted octanol–water partition coefficient (Wildman–Crippen LogP) is 1.50. The summed E-state index contributed by atoms with van der Waals surface area (Å²) in [7, 11) is -4.21. The van der Waals surface area contributed by atoms with Crippen molar-refractivity contribution in [1.82, 2.24) is 19.7 Å². The maximum absolute atomic E-state index is 13.7. The summed E-state index contributed by atoms with van der Waals surface area (Å²) in [6.45, 7) is 0.879. The van der Waals surface area contributed by atoms with Crippen LogP contribution >= 0.6 is 7.75 Å². The number of nitrogens with one attached hydrogen (secondary N) is 1. The van der Waals surface area contributed by atoms with Crippen molar-refractivity contribution in [2.24, 2.45) is 5.41 Å². The minimum absolute atomic E-state index is 0.0859. The van der Waals surface area contributed by atoms with Gasteiger partial charge in [0.05, 0.1) is 11.1 Å². The molecule has 1 aromatic carbocycles. The largest absolute Gasteiger partial charge is 0.464 e. The van der Waals surface area contributed by atoms with Crippen LogP contribution in [0.15, 0.2) is 48.8 Å². The molecule has 3 heterocycles. The van der Waals surface area contributed by atoms with Gasteiger partial charge in [-0.25, -0.2) is 19.2 Å². The van der Waals surface area contributed by atoms with Gasteiger partial charge in [0.2, 0.25) is 5.60 Å². The number of para-hydroxylation sites is 1. The van der Waals surface area contributed by atoms with Gasteiger partial charge in [-0.1, -0.05) is 18.2 Å². The van der Waals surface area contributed by atoms with Gasteiger partial charge in [0, 0.05) is 6.54 Å². The average Bonchev–Trinajstić information content (AvgIpc) is 3.47. The number of aromatic nitrogens is 3. The fourth-order valence-electron chi connectivity index (χ4n) is 4.27. The first-order valence-corrected chi connectivity index (χ1v) is 14.1. The number of fused-ring (bicyclic) bond motifs is 1. The summed E-state index contributed by atoms with van der Waals surface area (Å²) >= 11 is 0. The number of benzene rings is 1. The van der Waals surface area contributed by atoms with E-state index in [1.165, 1.54) is 10.8 Å². The fourth-order valence-corrected chi connectivity index (χ4v) is 5.61. The Hall–Kier alpha value is -3.57. The SMILES string of the molecule is CC1(C(=O)OCCNP(=O)(OC[C@@]2(C#N)O[C@@H](c3ccc4c(N)ncnn34)[C@H](O)[C@@H]2O)Oc2ccccc2)CC1. The lowest BCUT2D eigenvalue weighted by atomic mass is 9.96. The Labute approximate surface area is 229 Å². The van der Waals surface area contributed by atoms with Crippen LogP contribution in [0.1, 0.15) is 31.6 Å². The van der Waals surface area contributed by atoms with Crippen molar-refractivity contribution >= 4 is 25.1 Å². The van der Waals surface area contributed by atoms with E-state index in [4.69, 9.17) is 24.3 Å². The molecule has 5 rings (SSSR count). The Kier molecular flexibility index (Phi) is 7.54. The molecule has 1 unspecified atom stereocenters. The van der Waals surface area contributed by atoms with E-state index < -0.39 is 43.7 Å². The van der Waals surface area contributed by atoms with Crippen LogP contribution in [-0.4, -0.2) is 68.3 Å². The molecule has 212 valence electrons. The molecule has 5 atom stereocenters. The molecular formula is C25H29N6O8P. The zero-order chi connectivity index (χ0) is 28.5. The van der Waals surface area contributed by atoms with Gasteiger partial charge < -0.3 is 29.9 Å². The molecule has 0 spiro atoms. The van der Waals surface area contributed by atoms with Gasteiger partial charge in [-0.15, -0.1) is 0 Å². The Morgan fingerprint density at radius 2 is 2.05 bits per heavy atom. The molecule has 14 nitrogen and oxygen atoms in total. The van der Waals surface area contributed by atoms with E-state index in [9.17, 15) is 24.8 Å². The Morgan fingerprint density at radius 3 is 2.75 bits per heavy atom. The number of nitrogens with zero attached hydrogens (tertiary/aromatic N) is 4. The Morgan fingerprint density at radius 1 is 1.30 bits per heavy atom. The summed E-state index contributed by atoms with van der Waals surface area (Å²) in [4.78, 5) is 16.0. The summed E-state index contributed by atoms with van der Waals surface area (Å²) < 4.78 is 37.4. The third kappa shape index (κ3) is 5.40. The zero-order valence-electron chi connectivity index (χ0n) is 21.5. The summed E-state index contributed by atoms with van der Waals surface area (Å²) in [5, 5.41) is 38.5. The van der Waals surface area contributed by atoms with E-state index in [1.54, 1.807) is 42.5 Å². The highest BCUT2D eigenvalue weighted by Gasteiger charge is 2.57. The maximum atomic E-state index is 13.7. The lowest BCUT2D eigenvalue weighted by molar-refractivity contribution is -0.149. The average molecular weight is 573 g/mol. The summed E-state index contributed by atoms with van der Waals surface area (Å²) in [6, 6.07) is 13.2. The number of ether oxygens (including phenoxy) is 2.